The number of hydrogen-bond donors (Lipinski definition) is 1. The van der Waals surface area contributed by atoms with Crippen LogP contribution in [0, 0.1) is 0 Å². The Morgan fingerprint density at radius 2 is 1.41 bits per heavy atom. The minimum absolute atomic E-state index is 0.131. The number of carbonyl (C=O) groups excluding carboxylic acids is 1. The third-order valence-electron chi connectivity index (χ3n) is 4.25. The second-order valence-corrected chi connectivity index (χ2v) is 7.57. The molecule has 0 saturated heterocycles. The molecule has 0 aliphatic heterocycles. The molecule has 0 saturated carbocycles. The molecule has 3 rings (SSSR count). The van der Waals surface area contributed by atoms with Crippen molar-refractivity contribution < 1.29 is 9.53 Å². The van der Waals surface area contributed by atoms with Crippen molar-refractivity contribution in [1.82, 2.24) is 0 Å². The molecule has 0 unspecified atom stereocenters. The summed E-state index contributed by atoms with van der Waals surface area (Å²) in [5.41, 5.74) is 5.84. The van der Waals surface area contributed by atoms with E-state index in [9.17, 15) is 4.79 Å². The minimum Gasteiger partial charge on any atom is -0.465 e. The zero-order chi connectivity index (χ0) is 19.4. The Kier molecular flexibility index (Phi) is 5.31. The summed E-state index contributed by atoms with van der Waals surface area (Å²) >= 11 is 0. The largest absolute Gasteiger partial charge is 0.465 e. The molecule has 3 nitrogen and oxygen atoms in total. The molecule has 0 heterocycles. The van der Waals surface area contributed by atoms with E-state index in [0.717, 1.165) is 16.8 Å². The molecular formula is C24H25NO2. The van der Waals surface area contributed by atoms with Crippen LogP contribution < -0.4 is 5.32 Å². The molecule has 0 amide bonds. The second-order valence-electron chi connectivity index (χ2n) is 7.57. The lowest BCUT2D eigenvalue weighted by molar-refractivity contribution is 0.0601. The first kappa shape index (κ1) is 18.7. The number of anilines is 1. The first-order valence-electron chi connectivity index (χ1n) is 9.04. The number of methoxy groups -OCH3 is 1. The quantitative estimate of drug-likeness (QED) is 0.579. The predicted molar refractivity (Wildman–Crippen MR) is 112 cm³/mol. The van der Waals surface area contributed by atoms with Gasteiger partial charge in [0.05, 0.1) is 12.7 Å². The topological polar surface area (TPSA) is 38.3 Å². The third kappa shape index (κ3) is 4.56. The molecule has 3 heteroatoms. The molecule has 27 heavy (non-hydrogen) atoms. The maximum Gasteiger partial charge on any atom is 0.337 e. The Labute approximate surface area is 161 Å². The summed E-state index contributed by atoms with van der Waals surface area (Å²) in [4.78, 5) is 11.9. The van der Waals surface area contributed by atoms with Crippen molar-refractivity contribution in [2.75, 3.05) is 12.4 Å². The molecule has 138 valence electrons. The lowest BCUT2D eigenvalue weighted by Crippen LogP contribution is -2.26. The Morgan fingerprint density at radius 3 is 2.00 bits per heavy atom. The highest BCUT2D eigenvalue weighted by Gasteiger charge is 2.16. The van der Waals surface area contributed by atoms with E-state index in [2.05, 4.69) is 62.5 Å². The lowest BCUT2D eigenvalue weighted by atomic mass is 9.97. The number of ether oxygens (including phenoxy) is 1. The van der Waals surface area contributed by atoms with Crippen molar-refractivity contribution in [2.45, 2.75) is 26.3 Å². The van der Waals surface area contributed by atoms with E-state index >= 15 is 0 Å². The van der Waals surface area contributed by atoms with Crippen LogP contribution in [0.1, 0.15) is 31.1 Å². The van der Waals surface area contributed by atoms with E-state index < -0.39 is 0 Å². The predicted octanol–water partition coefficient (Wildman–Crippen LogP) is 6.02. The van der Waals surface area contributed by atoms with Gasteiger partial charge < -0.3 is 10.1 Å². The number of carbonyl (C=O) groups is 1. The molecule has 0 spiro atoms. The number of esters is 1. The van der Waals surface area contributed by atoms with Crippen LogP contribution in [0.3, 0.4) is 0 Å². The fourth-order valence-corrected chi connectivity index (χ4v) is 3.02. The molecule has 0 radical (unpaired) electrons. The maximum absolute atomic E-state index is 11.9. The van der Waals surface area contributed by atoms with E-state index in [0.29, 0.717) is 5.56 Å². The average molecular weight is 359 g/mol. The van der Waals surface area contributed by atoms with Gasteiger partial charge in [-0.25, -0.2) is 4.79 Å². The van der Waals surface area contributed by atoms with Gasteiger partial charge in [0.2, 0.25) is 0 Å². The van der Waals surface area contributed by atoms with Crippen molar-refractivity contribution >= 4 is 11.7 Å². The van der Waals surface area contributed by atoms with Gasteiger partial charge in [0.1, 0.15) is 0 Å². The van der Waals surface area contributed by atoms with Gasteiger partial charge in [-0.1, -0.05) is 60.7 Å². The van der Waals surface area contributed by atoms with Gasteiger partial charge in [0.25, 0.3) is 0 Å². The summed E-state index contributed by atoms with van der Waals surface area (Å²) < 4.78 is 4.86. The zero-order valence-electron chi connectivity index (χ0n) is 16.2. The molecular weight excluding hydrogens is 334 g/mol. The summed E-state index contributed by atoms with van der Waals surface area (Å²) in [6, 6.07) is 24.4. The SMILES string of the molecule is COC(=O)c1ccc(-c2ccc(-c3ccccc3)cc2)c(NC(C)(C)C)c1. The second kappa shape index (κ2) is 7.67. The van der Waals surface area contributed by atoms with Crippen LogP contribution in [0.15, 0.2) is 72.8 Å². The van der Waals surface area contributed by atoms with E-state index in [1.54, 1.807) is 6.07 Å². The van der Waals surface area contributed by atoms with Crippen LogP contribution in [-0.2, 0) is 4.74 Å². The standard InChI is InChI=1S/C24H25NO2/c1-24(2,3)25-22-16-20(23(26)27-4)14-15-21(22)19-12-10-18(11-13-19)17-8-6-5-7-9-17/h5-16,25H,1-4H3. The smallest absolute Gasteiger partial charge is 0.337 e. The van der Waals surface area contributed by atoms with E-state index in [4.69, 9.17) is 4.74 Å². The summed E-state index contributed by atoms with van der Waals surface area (Å²) in [5.74, 6) is -0.335. The van der Waals surface area contributed by atoms with Crippen molar-refractivity contribution in [3.8, 4) is 22.3 Å². The molecule has 0 aliphatic rings. The zero-order valence-corrected chi connectivity index (χ0v) is 16.2. The molecule has 0 atom stereocenters. The van der Waals surface area contributed by atoms with Crippen LogP contribution in [0.2, 0.25) is 0 Å². The van der Waals surface area contributed by atoms with Crippen molar-refractivity contribution in [3.63, 3.8) is 0 Å². The Morgan fingerprint density at radius 1 is 0.815 bits per heavy atom. The first-order valence-corrected chi connectivity index (χ1v) is 9.04. The van der Waals surface area contributed by atoms with Crippen LogP contribution >= 0.6 is 0 Å². The van der Waals surface area contributed by atoms with Crippen LogP contribution in [0.4, 0.5) is 5.69 Å². The normalized spacial score (nSPS) is 11.1. The third-order valence-corrected chi connectivity index (χ3v) is 4.25. The van der Waals surface area contributed by atoms with Gasteiger partial charge in [0, 0.05) is 16.8 Å². The van der Waals surface area contributed by atoms with Gasteiger partial charge in [-0.2, -0.15) is 0 Å². The Balaban J connectivity index is 2.00. The monoisotopic (exact) mass is 359 g/mol. The van der Waals surface area contributed by atoms with E-state index in [-0.39, 0.29) is 11.5 Å². The lowest BCUT2D eigenvalue weighted by Gasteiger charge is -2.25. The van der Waals surface area contributed by atoms with E-state index in [1.807, 2.05) is 30.3 Å². The molecule has 3 aromatic rings. The van der Waals surface area contributed by atoms with Crippen molar-refractivity contribution in [3.05, 3.63) is 78.4 Å². The number of nitrogens with one attached hydrogen (secondary N) is 1. The highest BCUT2D eigenvalue weighted by molar-refractivity contribution is 5.93. The van der Waals surface area contributed by atoms with Gasteiger partial charge in [-0.15, -0.1) is 0 Å². The number of rotatable bonds is 4. The summed E-state index contributed by atoms with van der Waals surface area (Å²) in [7, 11) is 1.40. The number of hydrogen-bond acceptors (Lipinski definition) is 3. The average Bonchev–Trinajstić information content (AvgIpc) is 2.67. The molecule has 0 fully saturated rings. The van der Waals surface area contributed by atoms with Crippen LogP contribution in [-0.4, -0.2) is 18.6 Å². The molecule has 0 bridgehead atoms. The maximum atomic E-state index is 11.9. The summed E-state index contributed by atoms with van der Waals surface area (Å²) in [5, 5.41) is 3.51. The fraction of sp³-hybridized carbons (Fsp3) is 0.208. The van der Waals surface area contributed by atoms with Crippen LogP contribution in [0.5, 0.6) is 0 Å². The van der Waals surface area contributed by atoms with Gasteiger partial charge in [-0.05, 0) is 49.6 Å². The van der Waals surface area contributed by atoms with Gasteiger partial charge >= 0.3 is 5.97 Å². The van der Waals surface area contributed by atoms with Crippen molar-refractivity contribution in [1.29, 1.82) is 0 Å². The van der Waals surface area contributed by atoms with Gasteiger partial charge in [-0.3, -0.25) is 0 Å². The molecule has 0 aliphatic carbocycles. The van der Waals surface area contributed by atoms with E-state index in [1.165, 1.54) is 18.2 Å². The van der Waals surface area contributed by atoms with Crippen LogP contribution in [0.25, 0.3) is 22.3 Å². The van der Waals surface area contributed by atoms with Crippen molar-refractivity contribution in [2.24, 2.45) is 0 Å². The van der Waals surface area contributed by atoms with Gasteiger partial charge in [0.15, 0.2) is 0 Å². The summed E-state index contributed by atoms with van der Waals surface area (Å²) in [6.07, 6.45) is 0. The highest BCUT2D eigenvalue weighted by atomic mass is 16.5. The minimum atomic E-state index is -0.335. The summed E-state index contributed by atoms with van der Waals surface area (Å²) in [6.45, 7) is 6.29. The molecule has 1 N–H and O–H groups in total. The Bertz CT molecular complexity index is 923. The fourth-order valence-electron chi connectivity index (χ4n) is 3.02. The highest BCUT2D eigenvalue weighted by Crippen LogP contribution is 2.32. The first-order chi connectivity index (χ1) is 12.9. The molecule has 3 aromatic carbocycles. The number of benzene rings is 3. The molecule has 0 aromatic heterocycles. The Hall–Kier alpha value is -3.07.